The van der Waals surface area contributed by atoms with Gasteiger partial charge in [0.1, 0.15) is 42.7 Å². The molecule has 0 aromatic rings. The van der Waals surface area contributed by atoms with Gasteiger partial charge in [-0.25, -0.2) is 0 Å². The van der Waals surface area contributed by atoms with E-state index in [1.165, 1.54) is 6.92 Å². The Morgan fingerprint density at radius 1 is 0.698 bits per heavy atom. The quantitative estimate of drug-likeness (QED) is 0.179. The summed E-state index contributed by atoms with van der Waals surface area (Å²) in [5.74, 6) is 1.56. The number of aliphatic hydroxyl groups excluding tert-OH is 8. The van der Waals surface area contributed by atoms with Gasteiger partial charge in [0.05, 0.1) is 43.7 Å². The van der Waals surface area contributed by atoms with Crippen LogP contribution in [0.3, 0.4) is 0 Å². The first-order valence-electron chi connectivity index (χ1n) is 20.3. The first-order chi connectivity index (χ1) is 25.0. The van der Waals surface area contributed by atoms with Crippen molar-refractivity contribution in [2.75, 3.05) is 13.2 Å². The third-order valence-corrected chi connectivity index (χ3v) is 16.2. The Balaban J connectivity index is 0.982. The van der Waals surface area contributed by atoms with Crippen LogP contribution in [0.4, 0.5) is 0 Å². The zero-order valence-corrected chi connectivity index (χ0v) is 31.7. The first-order valence-corrected chi connectivity index (χ1v) is 20.3. The van der Waals surface area contributed by atoms with E-state index >= 15 is 0 Å². The van der Waals surface area contributed by atoms with Crippen LogP contribution in [0.25, 0.3) is 0 Å². The fraction of sp³-hybridized carbons (Fsp3) is 1.00. The summed E-state index contributed by atoms with van der Waals surface area (Å²) in [6.45, 7) is 10.8. The molecule has 0 aromatic carbocycles. The van der Waals surface area contributed by atoms with Gasteiger partial charge in [0.25, 0.3) is 0 Å². The molecule has 4 aliphatic carbocycles. The lowest BCUT2D eigenvalue weighted by atomic mass is 9.43. The monoisotopic (exact) mass is 756 g/mol. The van der Waals surface area contributed by atoms with E-state index < -0.39 is 92.1 Å². The third-order valence-electron chi connectivity index (χ3n) is 16.2. The zero-order chi connectivity index (χ0) is 37.9. The minimum absolute atomic E-state index is 0.0759. The van der Waals surface area contributed by atoms with Crippen molar-refractivity contribution >= 4 is 0 Å². The van der Waals surface area contributed by atoms with Gasteiger partial charge in [-0.1, -0.05) is 27.7 Å². The van der Waals surface area contributed by atoms with Crippen LogP contribution < -0.4 is 0 Å². The number of rotatable bonds is 5. The summed E-state index contributed by atoms with van der Waals surface area (Å²) in [4.78, 5) is 0. The van der Waals surface area contributed by atoms with Crippen molar-refractivity contribution in [1.82, 2.24) is 0 Å². The highest BCUT2D eigenvalue weighted by Gasteiger charge is 2.70. The Labute approximate surface area is 312 Å². The van der Waals surface area contributed by atoms with E-state index in [-0.39, 0.29) is 22.9 Å². The maximum atomic E-state index is 12.0. The molecule has 0 bridgehead atoms. The molecule has 0 unspecified atom stereocenters. The van der Waals surface area contributed by atoms with Gasteiger partial charge in [-0.2, -0.15) is 0 Å². The fourth-order valence-corrected chi connectivity index (χ4v) is 13.2. The minimum atomic E-state index is -1.69. The van der Waals surface area contributed by atoms with Gasteiger partial charge in [-0.05, 0) is 98.2 Å². The normalized spacial score (nSPS) is 61.0. The van der Waals surface area contributed by atoms with Crippen LogP contribution in [0.15, 0.2) is 0 Å². The van der Waals surface area contributed by atoms with Crippen molar-refractivity contribution in [2.24, 2.45) is 52.3 Å². The van der Waals surface area contributed by atoms with E-state index in [9.17, 15) is 40.9 Å². The largest absolute Gasteiger partial charge is 0.394 e. The highest BCUT2D eigenvalue weighted by molar-refractivity contribution is 5.17. The van der Waals surface area contributed by atoms with Crippen LogP contribution >= 0.6 is 0 Å². The summed E-state index contributed by atoms with van der Waals surface area (Å²) in [5, 5.41) is 86.8. The molecule has 4 aliphatic heterocycles. The van der Waals surface area contributed by atoms with E-state index in [0.29, 0.717) is 54.8 Å². The van der Waals surface area contributed by atoms with Gasteiger partial charge in [0.2, 0.25) is 0 Å². The Morgan fingerprint density at radius 3 is 2.15 bits per heavy atom. The molecule has 8 fully saturated rings. The molecule has 4 saturated carbocycles. The van der Waals surface area contributed by atoms with Gasteiger partial charge < -0.3 is 69.3 Å². The van der Waals surface area contributed by atoms with Crippen molar-refractivity contribution in [2.45, 2.75) is 178 Å². The van der Waals surface area contributed by atoms with Crippen LogP contribution in [-0.2, 0) is 28.4 Å². The van der Waals surface area contributed by atoms with Crippen molar-refractivity contribution in [1.29, 1.82) is 0 Å². The highest BCUT2D eigenvalue weighted by Crippen LogP contribution is 2.71. The topological polar surface area (TPSA) is 217 Å². The van der Waals surface area contributed by atoms with E-state index in [0.717, 1.165) is 38.7 Å². The Morgan fingerprint density at radius 2 is 1.45 bits per heavy atom. The van der Waals surface area contributed by atoms with Crippen molar-refractivity contribution in [3.8, 4) is 0 Å². The number of fused-ring (bicyclic) bond motifs is 7. The molecule has 0 amide bonds. The van der Waals surface area contributed by atoms with E-state index in [2.05, 4.69) is 27.7 Å². The second-order valence-corrected chi connectivity index (χ2v) is 19.0. The van der Waals surface area contributed by atoms with Crippen LogP contribution in [0.5, 0.6) is 0 Å². The number of hydrogen-bond donors (Lipinski definition) is 8. The second-order valence-electron chi connectivity index (χ2n) is 19.0. The van der Waals surface area contributed by atoms with Crippen LogP contribution in [0.2, 0.25) is 0 Å². The van der Waals surface area contributed by atoms with E-state index in [1.807, 2.05) is 0 Å². The summed E-state index contributed by atoms with van der Waals surface area (Å²) in [7, 11) is 0. The molecule has 0 aromatic heterocycles. The summed E-state index contributed by atoms with van der Waals surface area (Å²) >= 11 is 0. The molecular weight excluding hydrogens is 692 g/mol. The lowest BCUT2D eigenvalue weighted by Gasteiger charge is -2.63. The number of hydrogen-bond acceptors (Lipinski definition) is 14. The van der Waals surface area contributed by atoms with Crippen molar-refractivity contribution in [3.05, 3.63) is 0 Å². The number of ether oxygens (including phenoxy) is 6. The standard InChI is InChI=1S/C39H64O14/c1-16-6-9-39(48-15-16)17(2)28-26(53-39)11-21-19-10-23(41)22-12-25(24(42)13-38(22,5)20(19)7-8-37(21,28)4)50-36-34(32(46)30(44)27(14-40)51-36)52-35-33(47)31(45)29(43)18(3)49-35/h16-36,40-47H,6-15H2,1-5H3/t16-,17+,18+,19-,20+,21+,22-,23-,24-,25-,26+,27-,28+,29+,30-,31-,32+,33-,34-,35+,36-,37+,38-,39-/m1/s1. The minimum Gasteiger partial charge on any atom is -0.394 e. The molecule has 8 aliphatic rings. The average molecular weight is 757 g/mol. The molecule has 8 rings (SSSR count). The lowest BCUT2D eigenvalue weighted by Crippen LogP contribution is -2.65. The van der Waals surface area contributed by atoms with Crippen LogP contribution in [0, 0.1) is 52.3 Å². The van der Waals surface area contributed by atoms with Gasteiger partial charge in [0, 0.05) is 12.3 Å². The highest BCUT2D eigenvalue weighted by atomic mass is 16.8. The number of aliphatic hydroxyl groups is 8. The molecular formula is C39H64O14. The van der Waals surface area contributed by atoms with Crippen molar-refractivity contribution < 1.29 is 69.3 Å². The van der Waals surface area contributed by atoms with Crippen LogP contribution in [-0.4, -0.2) is 146 Å². The van der Waals surface area contributed by atoms with Gasteiger partial charge in [0.15, 0.2) is 18.4 Å². The molecule has 4 saturated heterocycles. The average Bonchev–Trinajstić information content (AvgIpc) is 3.56. The summed E-state index contributed by atoms with van der Waals surface area (Å²) in [6, 6.07) is 0. The molecule has 14 nitrogen and oxygen atoms in total. The molecule has 4 heterocycles. The Bertz CT molecular complexity index is 1310. The van der Waals surface area contributed by atoms with E-state index in [1.54, 1.807) is 0 Å². The molecule has 24 atom stereocenters. The molecule has 53 heavy (non-hydrogen) atoms. The maximum Gasteiger partial charge on any atom is 0.187 e. The van der Waals surface area contributed by atoms with Gasteiger partial charge >= 0.3 is 0 Å². The van der Waals surface area contributed by atoms with Gasteiger partial charge in [-0.15, -0.1) is 0 Å². The second kappa shape index (κ2) is 14.1. The predicted molar refractivity (Wildman–Crippen MR) is 184 cm³/mol. The van der Waals surface area contributed by atoms with Crippen molar-refractivity contribution in [3.63, 3.8) is 0 Å². The van der Waals surface area contributed by atoms with Gasteiger partial charge in [-0.3, -0.25) is 0 Å². The summed E-state index contributed by atoms with van der Waals surface area (Å²) < 4.78 is 37.2. The Hall–Kier alpha value is -0.560. The Kier molecular flexibility index (Phi) is 10.4. The summed E-state index contributed by atoms with van der Waals surface area (Å²) in [6.07, 6.45) is -10.3. The fourth-order valence-electron chi connectivity index (χ4n) is 13.2. The molecule has 0 radical (unpaired) electrons. The molecule has 304 valence electrons. The first kappa shape index (κ1) is 39.3. The molecule has 8 N–H and O–H groups in total. The SMILES string of the molecule is C[C@@H]1CC[C@@]2(OC1)O[C@H]1C[C@H]3[C@@H]4C[C@@H](O)[C@H]5C[C@@H](O[C@@H]6O[C@H](CO)[C@@H](O)[C@H](O)[C@H]6O[C@@H]6O[C@@H](C)[C@H](O)[C@@H](O)[C@H]6O)[C@H](O)C[C@]5(C)[C@H]4CC[C@]3(C)[C@H]1[C@@H]2C. The smallest absolute Gasteiger partial charge is 0.187 e. The zero-order valence-electron chi connectivity index (χ0n) is 31.7. The predicted octanol–water partition coefficient (Wildman–Crippen LogP) is 0.411. The van der Waals surface area contributed by atoms with Crippen LogP contribution in [0.1, 0.15) is 86.0 Å². The lowest BCUT2D eigenvalue weighted by molar-refractivity contribution is -0.374. The molecule has 1 spiro atoms. The maximum absolute atomic E-state index is 12.0. The summed E-state index contributed by atoms with van der Waals surface area (Å²) in [5.41, 5.74) is -0.288. The third kappa shape index (κ3) is 6.11. The molecule has 14 heteroatoms. The van der Waals surface area contributed by atoms with E-state index in [4.69, 9.17) is 28.4 Å².